The van der Waals surface area contributed by atoms with Crippen molar-refractivity contribution in [3.8, 4) is 5.75 Å². The molecule has 0 bridgehead atoms. The molecule has 1 fully saturated rings. The topological polar surface area (TPSA) is 71.0 Å². The van der Waals surface area contributed by atoms with E-state index in [4.69, 9.17) is 16.3 Å². The van der Waals surface area contributed by atoms with Gasteiger partial charge < -0.3 is 9.64 Å². The van der Waals surface area contributed by atoms with E-state index in [-0.39, 0.29) is 24.8 Å². The fourth-order valence-electron chi connectivity index (χ4n) is 3.78. The van der Waals surface area contributed by atoms with Crippen LogP contribution in [0.4, 0.5) is 10.1 Å². The Labute approximate surface area is 208 Å². The molecule has 0 unspecified atom stereocenters. The lowest BCUT2D eigenvalue weighted by molar-refractivity contribution is -0.126. The Bertz CT molecular complexity index is 1210. The summed E-state index contributed by atoms with van der Waals surface area (Å²) in [5.41, 5.74) is 5.54. The molecule has 0 radical (unpaired) electrons. The van der Waals surface area contributed by atoms with E-state index in [9.17, 15) is 14.0 Å². The third-order valence-corrected chi connectivity index (χ3v) is 6.22. The molecule has 2 amide bonds. The van der Waals surface area contributed by atoms with E-state index in [1.165, 1.54) is 17.8 Å². The summed E-state index contributed by atoms with van der Waals surface area (Å²) in [6.45, 7) is 2.41. The van der Waals surface area contributed by atoms with Crippen molar-refractivity contribution in [3.63, 3.8) is 0 Å². The highest BCUT2D eigenvalue weighted by Gasteiger charge is 2.35. The highest BCUT2D eigenvalue weighted by Crippen LogP contribution is 2.26. The van der Waals surface area contributed by atoms with Crippen molar-refractivity contribution < 1.29 is 18.7 Å². The predicted octanol–water partition coefficient (Wildman–Crippen LogP) is 5.12. The van der Waals surface area contributed by atoms with Crippen LogP contribution in [0, 0.1) is 11.7 Å². The predicted molar refractivity (Wildman–Crippen MR) is 134 cm³/mol. The molecule has 1 atom stereocenters. The van der Waals surface area contributed by atoms with Crippen LogP contribution in [0.3, 0.4) is 0 Å². The highest BCUT2D eigenvalue weighted by molar-refractivity contribution is 6.31. The van der Waals surface area contributed by atoms with Crippen LogP contribution in [-0.2, 0) is 22.6 Å². The molecular weight excluding hydrogens is 469 g/mol. The van der Waals surface area contributed by atoms with Crippen molar-refractivity contribution in [2.75, 3.05) is 11.4 Å². The monoisotopic (exact) mass is 493 g/mol. The van der Waals surface area contributed by atoms with Gasteiger partial charge in [0.2, 0.25) is 11.8 Å². The van der Waals surface area contributed by atoms with Gasteiger partial charge in [0.25, 0.3) is 0 Å². The molecule has 1 saturated heterocycles. The standard InChI is InChI=1S/C27H25ClFN3O3/c1-2-18-6-10-21(11-7-18)32-16-20(14-26(32)33)27(34)31-30-15-19-8-12-22(13-9-19)35-17-23-24(28)4-3-5-25(23)29/h3-13,15,20H,2,14,16-17H2,1H3,(H,31,34)/b30-15+/t20-/m0/s1. The van der Waals surface area contributed by atoms with Gasteiger partial charge in [-0.05, 0) is 66.1 Å². The number of benzene rings is 3. The molecule has 1 aliphatic heterocycles. The van der Waals surface area contributed by atoms with Crippen LogP contribution >= 0.6 is 11.6 Å². The lowest BCUT2D eigenvalue weighted by atomic mass is 10.1. The van der Waals surface area contributed by atoms with Crippen LogP contribution < -0.4 is 15.1 Å². The SMILES string of the molecule is CCc1ccc(N2C[C@@H](C(=O)N/N=C/c3ccc(OCc4c(F)cccc4Cl)cc3)CC2=O)cc1. The van der Waals surface area contributed by atoms with Gasteiger partial charge in [0.05, 0.1) is 17.2 Å². The zero-order valence-corrected chi connectivity index (χ0v) is 20.0. The second-order valence-electron chi connectivity index (χ2n) is 8.22. The van der Waals surface area contributed by atoms with Crippen molar-refractivity contribution in [2.45, 2.75) is 26.4 Å². The van der Waals surface area contributed by atoms with Gasteiger partial charge in [0.1, 0.15) is 18.2 Å². The van der Waals surface area contributed by atoms with Crippen LogP contribution in [0.25, 0.3) is 0 Å². The summed E-state index contributed by atoms with van der Waals surface area (Å²) in [6, 6.07) is 19.2. The first-order valence-electron chi connectivity index (χ1n) is 11.3. The van der Waals surface area contributed by atoms with Crippen molar-refractivity contribution >= 4 is 35.3 Å². The van der Waals surface area contributed by atoms with Crippen LogP contribution in [0.1, 0.15) is 30.0 Å². The minimum absolute atomic E-state index is 0.00880. The normalized spacial score (nSPS) is 15.6. The minimum Gasteiger partial charge on any atom is -0.489 e. The third kappa shape index (κ3) is 6.05. The quantitative estimate of drug-likeness (QED) is 0.349. The summed E-state index contributed by atoms with van der Waals surface area (Å²) >= 11 is 6.02. The minimum atomic E-state index is -0.466. The summed E-state index contributed by atoms with van der Waals surface area (Å²) in [5, 5.41) is 4.33. The second-order valence-corrected chi connectivity index (χ2v) is 8.62. The van der Waals surface area contributed by atoms with E-state index in [0.29, 0.717) is 22.9 Å². The van der Waals surface area contributed by atoms with E-state index < -0.39 is 11.7 Å². The Morgan fingerprint density at radius 1 is 1.17 bits per heavy atom. The maximum Gasteiger partial charge on any atom is 0.245 e. The van der Waals surface area contributed by atoms with Gasteiger partial charge in [-0.1, -0.05) is 36.7 Å². The molecule has 1 aliphatic rings. The van der Waals surface area contributed by atoms with E-state index in [0.717, 1.165) is 17.7 Å². The second kappa shape index (κ2) is 11.1. The molecule has 1 N–H and O–H groups in total. The Balaban J connectivity index is 1.28. The first-order valence-corrected chi connectivity index (χ1v) is 11.7. The van der Waals surface area contributed by atoms with Gasteiger partial charge in [-0.2, -0.15) is 5.10 Å². The maximum atomic E-state index is 13.9. The van der Waals surface area contributed by atoms with E-state index >= 15 is 0 Å². The molecule has 35 heavy (non-hydrogen) atoms. The molecular formula is C27H25ClFN3O3. The smallest absolute Gasteiger partial charge is 0.245 e. The van der Waals surface area contributed by atoms with Gasteiger partial charge >= 0.3 is 0 Å². The number of halogens is 2. The van der Waals surface area contributed by atoms with Gasteiger partial charge in [0, 0.05) is 24.2 Å². The highest BCUT2D eigenvalue weighted by atomic mass is 35.5. The van der Waals surface area contributed by atoms with Crippen LogP contribution in [0.15, 0.2) is 71.8 Å². The molecule has 3 aromatic carbocycles. The average molecular weight is 494 g/mol. The third-order valence-electron chi connectivity index (χ3n) is 5.87. The number of anilines is 1. The number of amides is 2. The molecule has 3 aromatic rings. The van der Waals surface area contributed by atoms with Crippen LogP contribution in [-0.4, -0.2) is 24.6 Å². The first kappa shape index (κ1) is 24.4. The summed E-state index contributed by atoms with van der Waals surface area (Å²) in [6.07, 6.45) is 2.58. The first-order chi connectivity index (χ1) is 16.9. The Morgan fingerprint density at radius 2 is 1.91 bits per heavy atom. The molecule has 0 spiro atoms. The molecule has 0 aromatic heterocycles. The van der Waals surface area contributed by atoms with Crippen LogP contribution in [0.2, 0.25) is 5.02 Å². The Kier molecular flexibility index (Phi) is 7.77. The number of nitrogens with zero attached hydrogens (tertiary/aromatic N) is 2. The molecule has 4 rings (SSSR count). The lowest BCUT2D eigenvalue weighted by Crippen LogP contribution is -2.30. The maximum absolute atomic E-state index is 13.9. The number of ether oxygens (including phenoxy) is 1. The van der Waals surface area contributed by atoms with Crippen molar-refractivity contribution in [1.82, 2.24) is 5.43 Å². The Hall–Kier alpha value is -3.71. The summed E-state index contributed by atoms with van der Waals surface area (Å²) < 4.78 is 19.5. The molecule has 8 heteroatoms. The van der Waals surface area contributed by atoms with Gasteiger partial charge in [-0.3, -0.25) is 9.59 Å². The Morgan fingerprint density at radius 3 is 2.60 bits per heavy atom. The molecule has 180 valence electrons. The number of hydrogen-bond donors (Lipinski definition) is 1. The van der Waals surface area contributed by atoms with Gasteiger partial charge in [0.15, 0.2) is 0 Å². The van der Waals surface area contributed by atoms with E-state index in [2.05, 4.69) is 17.5 Å². The number of nitrogens with one attached hydrogen (secondary N) is 1. The van der Waals surface area contributed by atoms with Crippen molar-refractivity contribution in [1.29, 1.82) is 0 Å². The summed E-state index contributed by atoms with van der Waals surface area (Å²) in [4.78, 5) is 26.6. The largest absolute Gasteiger partial charge is 0.489 e. The van der Waals surface area contributed by atoms with E-state index in [1.54, 1.807) is 41.3 Å². The molecule has 1 heterocycles. The van der Waals surface area contributed by atoms with Crippen LogP contribution in [0.5, 0.6) is 5.75 Å². The fraction of sp³-hybridized carbons (Fsp3) is 0.222. The van der Waals surface area contributed by atoms with Crippen molar-refractivity contribution in [3.05, 3.63) is 94.3 Å². The fourth-order valence-corrected chi connectivity index (χ4v) is 4.00. The van der Waals surface area contributed by atoms with E-state index in [1.807, 2.05) is 24.3 Å². The molecule has 0 saturated carbocycles. The van der Waals surface area contributed by atoms with Crippen molar-refractivity contribution in [2.24, 2.45) is 11.0 Å². The number of carbonyl (C=O) groups excluding carboxylic acids is 2. The zero-order valence-electron chi connectivity index (χ0n) is 19.2. The molecule has 0 aliphatic carbocycles. The number of hydrazone groups is 1. The van der Waals surface area contributed by atoms with Gasteiger partial charge in [-0.15, -0.1) is 0 Å². The zero-order chi connectivity index (χ0) is 24.8. The average Bonchev–Trinajstić information content (AvgIpc) is 3.26. The summed E-state index contributed by atoms with van der Waals surface area (Å²) in [7, 11) is 0. The number of aryl methyl sites for hydroxylation is 1. The number of carbonyl (C=O) groups is 2. The summed E-state index contributed by atoms with van der Waals surface area (Å²) in [5.74, 6) is -0.721. The van der Waals surface area contributed by atoms with Gasteiger partial charge in [-0.25, -0.2) is 9.82 Å². The lowest BCUT2D eigenvalue weighted by Gasteiger charge is -2.16. The molecule has 6 nitrogen and oxygen atoms in total. The number of hydrogen-bond acceptors (Lipinski definition) is 4. The number of rotatable bonds is 8.